The number of rotatable bonds is 8. The lowest BCUT2D eigenvalue weighted by Gasteiger charge is -2.30. The first kappa shape index (κ1) is 32.2. The van der Waals surface area contributed by atoms with Crippen molar-refractivity contribution in [3.05, 3.63) is 98.5 Å². The van der Waals surface area contributed by atoms with Crippen molar-refractivity contribution in [2.75, 3.05) is 16.8 Å². The van der Waals surface area contributed by atoms with E-state index in [0.717, 1.165) is 28.0 Å². The van der Waals surface area contributed by atoms with Gasteiger partial charge < -0.3 is 15.2 Å². The number of phenolic OH excluding ortho intramolecular Hbond substituents is 1. The Hall–Kier alpha value is -4.77. The second kappa shape index (κ2) is 12.4. The number of thioether (sulfide) groups is 1. The Kier molecular flexibility index (Phi) is 8.52. The highest BCUT2D eigenvalue weighted by Crippen LogP contribution is 2.54. The van der Waals surface area contributed by atoms with E-state index >= 15 is 0 Å². The molecule has 4 N–H and O–H groups in total. The van der Waals surface area contributed by atoms with Crippen molar-refractivity contribution < 1.29 is 37.4 Å². The maximum atomic E-state index is 14.1. The van der Waals surface area contributed by atoms with E-state index in [0.29, 0.717) is 15.5 Å². The highest BCUT2D eigenvalue weighted by Gasteiger charge is 2.56. The molecule has 0 radical (unpaired) electrons. The summed E-state index contributed by atoms with van der Waals surface area (Å²) in [4.78, 5) is 67.5. The molecule has 242 valence electrons. The Morgan fingerprint density at radius 2 is 1.62 bits per heavy atom. The zero-order chi connectivity index (χ0) is 33.6. The lowest BCUT2D eigenvalue weighted by Crippen LogP contribution is -2.33. The molecule has 0 aliphatic carbocycles. The summed E-state index contributed by atoms with van der Waals surface area (Å²) in [7, 11) is -3.93. The molecule has 3 atom stereocenters. The lowest BCUT2D eigenvalue weighted by molar-refractivity contribution is -0.122. The van der Waals surface area contributed by atoms with Crippen LogP contribution in [0.25, 0.3) is 0 Å². The largest absolute Gasteiger partial charge is 0.508 e. The quantitative estimate of drug-likeness (QED) is 0.182. The molecule has 16 heteroatoms. The number of nitrogens with one attached hydrogen (secondary N) is 1. The molecule has 2 aliphatic heterocycles. The summed E-state index contributed by atoms with van der Waals surface area (Å²) < 4.78 is 29.4. The molecule has 2 aliphatic rings. The van der Waals surface area contributed by atoms with E-state index in [1.54, 1.807) is 19.1 Å². The van der Waals surface area contributed by atoms with Crippen LogP contribution in [0, 0.1) is 5.92 Å². The van der Waals surface area contributed by atoms with E-state index in [9.17, 15) is 37.5 Å². The van der Waals surface area contributed by atoms with Crippen molar-refractivity contribution in [3.8, 4) is 5.75 Å². The number of nitrogens with zero attached hydrogens (tertiary/aromatic N) is 2. The molecule has 3 heterocycles. The van der Waals surface area contributed by atoms with Crippen molar-refractivity contribution in [1.82, 2.24) is 4.57 Å². The third kappa shape index (κ3) is 6.07. The number of thiazole rings is 1. The third-order valence-electron chi connectivity index (χ3n) is 7.71. The third-order valence-corrected chi connectivity index (χ3v) is 11.2. The number of sulfonamides is 1. The van der Waals surface area contributed by atoms with Crippen LogP contribution in [0.1, 0.15) is 33.6 Å². The number of fused-ring (bicyclic) bond motifs is 2. The molecule has 1 aromatic heterocycles. The summed E-state index contributed by atoms with van der Waals surface area (Å²) in [6.07, 6.45) is 0. The van der Waals surface area contributed by atoms with Crippen molar-refractivity contribution in [1.29, 1.82) is 0 Å². The van der Waals surface area contributed by atoms with Gasteiger partial charge in [-0.3, -0.25) is 23.7 Å². The van der Waals surface area contributed by atoms with E-state index in [2.05, 4.69) is 5.32 Å². The zero-order valence-corrected chi connectivity index (χ0v) is 26.9. The topological polar surface area (TPSA) is 195 Å². The van der Waals surface area contributed by atoms with Crippen LogP contribution in [0.2, 0.25) is 0 Å². The number of aromatic hydroxyl groups is 1. The van der Waals surface area contributed by atoms with Crippen molar-refractivity contribution in [2.45, 2.75) is 34.6 Å². The second-order valence-corrected chi connectivity index (χ2v) is 14.3. The second-order valence-electron chi connectivity index (χ2n) is 10.7. The van der Waals surface area contributed by atoms with E-state index in [4.69, 9.17) is 9.88 Å². The number of ether oxygens (including phenoxy) is 1. The summed E-state index contributed by atoms with van der Waals surface area (Å²) in [6.45, 7) is 1.45. The minimum absolute atomic E-state index is 0.00706. The fourth-order valence-electron chi connectivity index (χ4n) is 5.58. The molecule has 3 unspecified atom stereocenters. The van der Waals surface area contributed by atoms with Gasteiger partial charge in [0.1, 0.15) is 17.5 Å². The number of esters is 1. The summed E-state index contributed by atoms with van der Waals surface area (Å²) >= 11 is 1.90. The number of anilines is 2. The molecular weight excluding hydrogens is 669 g/mol. The molecule has 3 amide bonds. The van der Waals surface area contributed by atoms with Crippen LogP contribution in [0.15, 0.2) is 87.5 Å². The molecule has 47 heavy (non-hydrogen) atoms. The molecule has 1 saturated heterocycles. The molecule has 0 spiro atoms. The highest BCUT2D eigenvalue weighted by atomic mass is 32.2. The van der Waals surface area contributed by atoms with Crippen LogP contribution in [0.5, 0.6) is 5.75 Å². The maximum absolute atomic E-state index is 14.1. The van der Waals surface area contributed by atoms with Crippen LogP contribution in [-0.4, -0.2) is 53.6 Å². The number of benzene rings is 3. The fraction of sp³-hybridized carbons (Fsp3) is 0.194. The standard InChI is InChI=1S/C31H26N4O9S3/c1-2-44-30(40)17-3-9-19(10-4-17)35-27(38)24-23(16-5-11-20(36)12-6-16)26-29(45-25(24)28(35)39)34(31(41)46-26)15-22(37)33-18-7-13-21(14-8-18)47(32,42)43/h3-14,23-25,36H,2,15H2,1H3,(H,33,37)(H2,32,42,43). The van der Waals surface area contributed by atoms with Gasteiger partial charge in [-0.15, -0.1) is 0 Å². The monoisotopic (exact) mass is 694 g/mol. The summed E-state index contributed by atoms with van der Waals surface area (Å²) in [5, 5.41) is 17.1. The maximum Gasteiger partial charge on any atom is 0.338 e. The van der Waals surface area contributed by atoms with Crippen LogP contribution in [0.3, 0.4) is 0 Å². The van der Waals surface area contributed by atoms with Gasteiger partial charge in [0.05, 0.1) is 33.7 Å². The average Bonchev–Trinajstić information content (AvgIpc) is 3.47. The SMILES string of the molecule is CCOC(=O)c1ccc(N2C(=O)C3Sc4c(sc(=O)n4CC(=O)Nc4ccc(S(N)(=O)=O)cc4)C(c4ccc(O)cc4)C3C2=O)cc1. The number of primary sulfonamides is 1. The van der Waals surface area contributed by atoms with Crippen LogP contribution in [-0.2, 0) is 35.7 Å². The molecule has 6 rings (SSSR count). The number of nitrogens with two attached hydrogens (primary N) is 1. The molecule has 4 aromatic rings. The van der Waals surface area contributed by atoms with Gasteiger partial charge in [-0.1, -0.05) is 35.2 Å². The van der Waals surface area contributed by atoms with Gasteiger partial charge >= 0.3 is 10.8 Å². The number of imide groups is 1. The Morgan fingerprint density at radius 1 is 0.957 bits per heavy atom. The molecular formula is C31H26N4O9S3. The van der Waals surface area contributed by atoms with Crippen LogP contribution in [0.4, 0.5) is 11.4 Å². The first-order chi connectivity index (χ1) is 22.4. The number of hydrogen-bond acceptors (Lipinski definition) is 11. The fourth-order valence-corrected chi connectivity index (χ4v) is 8.87. The summed E-state index contributed by atoms with van der Waals surface area (Å²) in [6, 6.07) is 17.3. The zero-order valence-electron chi connectivity index (χ0n) is 24.5. The van der Waals surface area contributed by atoms with E-state index in [-0.39, 0.29) is 34.2 Å². The van der Waals surface area contributed by atoms with Crippen molar-refractivity contribution in [3.63, 3.8) is 0 Å². The van der Waals surface area contributed by atoms with E-state index in [1.807, 2.05) is 0 Å². The van der Waals surface area contributed by atoms with Crippen LogP contribution >= 0.6 is 23.1 Å². The number of carbonyl (C=O) groups excluding carboxylic acids is 4. The summed E-state index contributed by atoms with van der Waals surface area (Å²) in [5.41, 5.74) is 1.39. The van der Waals surface area contributed by atoms with Crippen LogP contribution < -0.4 is 20.2 Å². The normalized spacial score (nSPS) is 18.9. The molecule has 3 aromatic carbocycles. The predicted molar refractivity (Wildman–Crippen MR) is 173 cm³/mol. The Morgan fingerprint density at radius 3 is 2.23 bits per heavy atom. The van der Waals surface area contributed by atoms with E-state index < -0.39 is 62.2 Å². The number of phenols is 1. The number of amides is 3. The first-order valence-electron chi connectivity index (χ1n) is 14.1. The Bertz CT molecular complexity index is 2070. The van der Waals surface area contributed by atoms with Gasteiger partial charge in [-0.05, 0) is 73.2 Å². The number of hydrogen-bond donors (Lipinski definition) is 3. The van der Waals surface area contributed by atoms with Gasteiger partial charge in [0, 0.05) is 16.5 Å². The number of carbonyl (C=O) groups is 4. The lowest BCUT2D eigenvalue weighted by atomic mass is 9.83. The van der Waals surface area contributed by atoms with Crippen molar-refractivity contribution >= 4 is 68.2 Å². The first-order valence-corrected chi connectivity index (χ1v) is 17.4. The smallest absolute Gasteiger partial charge is 0.338 e. The number of aromatic nitrogens is 1. The minimum atomic E-state index is -3.93. The Labute approximate surface area is 276 Å². The molecule has 1 fully saturated rings. The minimum Gasteiger partial charge on any atom is -0.508 e. The van der Waals surface area contributed by atoms with Crippen molar-refractivity contribution in [2.24, 2.45) is 11.1 Å². The molecule has 13 nitrogen and oxygen atoms in total. The molecule has 0 bridgehead atoms. The summed E-state index contributed by atoms with van der Waals surface area (Å²) in [5.74, 6) is -3.80. The van der Waals surface area contributed by atoms with Gasteiger partial charge in [-0.25, -0.2) is 23.3 Å². The van der Waals surface area contributed by atoms with Gasteiger partial charge in [-0.2, -0.15) is 0 Å². The van der Waals surface area contributed by atoms with E-state index in [1.165, 1.54) is 65.2 Å². The predicted octanol–water partition coefficient (Wildman–Crippen LogP) is 2.87. The highest BCUT2D eigenvalue weighted by molar-refractivity contribution is 8.00. The van der Waals surface area contributed by atoms with Gasteiger partial charge in [0.15, 0.2) is 0 Å². The van der Waals surface area contributed by atoms with Gasteiger partial charge in [0.25, 0.3) is 0 Å². The molecule has 0 saturated carbocycles. The average molecular weight is 695 g/mol. The van der Waals surface area contributed by atoms with Gasteiger partial charge in [0.2, 0.25) is 27.7 Å². The Balaban J connectivity index is 1.34.